The monoisotopic (exact) mass is 578 g/mol. The Kier molecular flexibility index (Phi) is 7.55. The number of carbonyl (C=O) groups is 1. The molecular weight excluding hydrogens is 554 g/mol. The number of benzene rings is 1. The second kappa shape index (κ2) is 11.0. The van der Waals surface area contributed by atoms with Crippen molar-refractivity contribution in [2.75, 3.05) is 31.5 Å². The summed E-state index contributed by atoms with van der Waals surface area (Å²) in [6, 6.07) is 9.36. The van der Waals surface area contributed by atoms with Crippen LogP contribution in [-0.2, 0) is 11.0 Å². The molecule has 0 radical (unpaired) electrons. The SMILES string of the molecule is C[C@H](c1ccnc(Nc2nc3ccc(-c4cc(C(F)(F)F)ncn4)cc3[nH]2)c1)N1CCN(C(=O)CC(F)(F)F)CC1. The molecule has 4 aromatic rings. The highest BCUT2D eigenvalue weighted by atomic mass is 19.4. The van der Waals surface area contributed by atoms with Crippen molar-refractivity contribution in [3.8, 4) is 11.3 Å². The summed E-state index contributed by atoms with van der Waals surface area (Å²) in [7, 11) is 0. The summed E-state index contributed by atoms with van der Waals surface area (Å²) >= 11 is 0. The molecule has 1 aliphatic rings. The Bertz CT molecular complexity index is 1550. The second-order valence-electron chi connectivity index (χ2n) is 9.59. The fourth-order valence-electron chi connectivity index (χ4n) is 4.65. The predicted octanol–water partition coefficient (Wildman–Crippen LogP) is 5.33. The van der Waals surface area contributed by atoms with Gasteiger partial charge in [0.15, 0.2) is 0 Å². The molecule has 9 nitrogen and oxygen atoms in total. The Balaban J connectivity index is 1.26. The normalized spacial score (nSPS) is 15.7. The number of halogens is 6. The summed E-state index contributed by atoms with van der Waals surface area (Å²) in [4.78, 5) is 34.3. The summed E-state index contributed by atoms with van der Waals surface area (Å²) in [5.41, 5.74) is 1.58. The van der Waals surface area contributed by atoms with Crippen molar-refractivity contribution in [1.82, 2.24) is 34.7 Å². The molecule has 0 saturated carbocycles. The van der Waals surface area contributed by atoms with E-state index in [2.05, 4.69) is 35.1 Å². The lowest BCUT2D eigenvalue weighted by atomic mass is 10.1. The molecule has 4 heterocycles. The van der Waals surface area contributed by atoms with Crippen LogP contribution in [0.4, 0.5) is 38.1 Å². The van der Waals surface area contributed by atoms with Gasteiger partial charge in [-0.05, 0) is 42.8 Å². The van der Waals surface area contributed by atoms with Gasteiger partial charge in [-0.3, -0.25) is 9.69 Å². The van der Waals surface area contributed by atoms with Gasteiger partial charge in [0.1, 0.15) is 24.3 Å². The van der Waals surface area contributed by atoms with E-state index >= 15 is 0 Å². The molecule has 2 N–H and O–H groups in total. The molecule has 1 aliphatic heterocycles. The van der Waals surface area contributed by atoms with Crippen LogP contribution in [0, 0.1) is 0 Å². The summed E-state index contributed by atoms with van der Waals surface area (Å²) in [6.45, 7) is 3.25. The summed E-state index contributed by atoms with van der Waals surface area (Å²) < 4.78 is 76.8. The first-order valence-electron chi connectivity index (χ1n) is 12.6. The fraction of sp³-hybridized carbons (Fsp3) is 0.346. The largest absolute Gasteiger partial charge is 0.433 e. The van der Waals surface area contributed by atoms with Crippen LogP contribution in [0.15, 0.2) is 48.9 Å². The average molecular weight is 579 g/mol. The lowest BCUT2D eigenvalue weighted by Gasteiger charge is -2.38. The molecule has 5 rings (SSSR count). The second-order valence-corrected chi connectivity index (χ2v) is 9.59. The van der Waals surface area contributed by atoms with Gasteiger partial charge in [0.05, 0.1) is 16.7 Å². The third kappa shape index (κ3) is 6.73. The standard InChI is InChI=1S/C26H24F6N8O/c1-15(39-6-8-40(9-7-39)23(41)13-25(27,28)29)16-4-5-33-22(11-16)38-24-36-18-3-2-17(10-20(18)37-24)19-12-21(26(30,31)32)35-14-34-19/h2-5,10-12,14-15H,6-9,13H2,1H3,(H2,33,36,37,38)/t15-/m1/s1. The molecule has 15 heteroatoms. The van der Waals surface area contributed by atoms with Gasteiger partial charge >= 0.3 is 12.4 Å². The molecule has 216 valence electrons. The maximum Gasteiger partial charge on any atom is 0.433 e. The number of fused-ring (bicyclic) bond motifs is 1. The molecule has 0 spiro atoms. The zero-order valence-corrected chi connectivity index (χ0v) is 21.6. The number of imidazole rings is 1. The van der Waals surface area contributed by atoms with E-state index in [-0.39, 0.29) is 24.8 Å². The number of carbonyl (C=O) groups excluding carboxylic acids is 1. The number of aromatic nitrogens is 5. The average Bonchev–Trinajstić information content (AvgIpc) is 3.33. The lowest BCUT2D eigenvalue weighted by molar-refractivity contribution is -0.162. The van der Waals surface area contributed by atoms with E-state index in [4.69, 9.17) is 0 Å². The van der Waals surface area contributed by atoms with E-state index < -0.39 is 30.4 Å². The summed E-state index contributed by atoms with van der Waals surface area (Å²) in [5, 5.41) is 3.09. The highest BCUT2D eigenvalue weighted by Gasteiger charge is 2.35. The number of alkyl halides is 6. The smallest absolute Gasteiger partial charge is 0.340 e. The van der Waals surface area contributed by atoms with Gasteiger partial charge in [0.2, 0.25) is 11.9 Å². The van der Waals surface area contributed by atoms with E-state index in [0.29, 0.717) is 41.5 Å². The maximum atomic E-state index is 13.1. The number of piperazine rings is 1. The maximum absolute atomic E-state index is 13.1. The number of hydrogen-bond acceptors (Lipinski definition) is 7. The van der Waals surface area contributed by atoms with Crippen LogP contribution in [-0.4, -0.2) is 73.0 Å². The van der Waals surface area contributed by atoms with Crippen LogP contribution in [0.25, 0.3) is 22.3 Å². The van der Waals surface area contributed by atoms with Crippen LogP contribution in [0.5, 0.6) is 0 Å². The molecule has 0 unspecified atom stereocenters. The molecule has 41 heavy (non-hydrogen) atoms. The lowest BCUT2D eigenvalue weighted by Crippen LogP contribution is -2.50. The molecule has 1 saturated heterocycles. The van der Waals surface area contributed by atoms with Crippen molar-refractivity contribution < 1.29 is 31.1 Å². The number of nitrogens with zero attached hydrogens (tertiary/aromatic N) is 6. The van der Waals surface area contributed by atoms with Crippen molar-refractivity contribution in [1.29, 1.82) is 0 Å². The first-order valence-corrected chi connectivity index (χ1v) is 12.6. The van der Waals surface area contributed by atoms with Crippen molar-refractivity contribution in [2.24, 2.45) is 0 Å². The van der Waals surface area contributed by atoms with Gasteiger partial charge in [-0.2, -0.15) is 26.3 Å². The van der Waals surface area contributed by atoms with Crippen molar-refractivity contribution in [3.05, 3.63) is 60.2 Å². The summed E-state index contributed by atoms with van der Waals surface area (Å²) in [5.74, 6) is -0.0654. The third-order valence-electron chi connectivity index (χ3n) is 6.81. The van der Waals surface area contributed by atoms with Crippen molar-refractivity contribution in [2.45, 2.75) is 31.7 Å². The third-order valence-corrected chi connectivity index (χ3v) is 6.81. The van der Waals surface area contributed by atoms with Gasteiger partial charge in [0.25, 0.3) is 0 Å². The number of aromatic amines is 1. The quantitative estimate of drug-likeness (QED) is 0.298. The number of rotatable bonds is 6. The number of amides is 1. The minimum absolute atomic E-state index is 0.0916. The van der Waals surface area contributed by atoms with Crippen molar-refractivity contribution in [3.63, 3.8) is 0 Å². The number of H-pyrrole nitrogens is 1. The minimum atomic E-state index is -4.59. The summed E-state index contributed by atoms with van der Waals surface area (Å²) in [6.07, 6.45) is -8.08. The number of anilines is 2. The Morgan fingerprint density at radius 1 is 1.00 bits per heavy atom. The molecule has 1 fully saturated rings. The van der Waals surface area contributed by atoms with Crippen LogP contribution in [0.1, 0.15) is 30.6 Å². The highest BCUT2D eigenvalue weighted by Crippen LogP contribution is 2.31. The molecule has 1 amide bonds. The van der Waals surface area contributed by atoms with E-state index in [1.165, 1.54) is 4.90 Å². The van der Waals surface area contributed by atoms with Crippen molar-refractivity contribution >= 4 is 28.7 Å². The predicted molar refractivity (Wildman–Crippen MR) is 137 cm³/mol. The first kappa shape index (κ1) is 28.3. The molecular formula is C26H24F6N8O. The van der Waals surface area contributed by atoms with E-state index in [0.717, 1.165) is 18.0 Å². The molecule has 1 atom stereocenters. The van der Waals surface area contributed by atoms with Crippen LogP contribution >= 0.6 is 0 Å². The van der Waals surface area contributed by atoms with Crippen LogP contribution in [0.2, 0.25) is 0 Å². The Morgan fingerprint density at radius 2 is 1.76 bits per heavy atom. The van der Waals surface area contributed by atoms with E-state index in [9.17, 15) is 31.1 Å². The van der Waals surface area contributed by atoms with Crippen LogP contribution < -0.4 is 5.32 Å². The zero-order valence-electron chi connectivity index (χ0n) is 21.6. The van der Waals surface area contributed by atoms with E-state index in [1.807, 2.05) is 19.1 Å². The Labute approximate surface area is 229 Å². The van der Waals surface area contributed by atoms with Crippen LogP contribution in [0.3, 0.4) is 0 Å². The molecule has 0 bridgehead atoms. The molecule has 1 aromatic carbocycles. The Hall–Kier alpha value is -4.27. The first-order chi connectivity index (χ1) is 19.4. The van der Waals surface area contributed by atoms with E-state index in [1.54, 1.807) is 24.4 Å². The number of hydrogen-bond donors (Lipinski definition) is 2. The van der Waals surface area contributed by atoms with Gasteiger partial charge in [0, 0.05) is 44.0 Å². The zero-order chi connectivity index (χ0) is 29.4. The minimum Gasteiger partial charge on any atom is -0.340 e. The number of pyridine rings is 1. The Morgan fingerprint density at radius 3 is 2.46 bits per heavy atom. The topological polar surface area (TPSA) is 103 Å². The van der Waals surface area contributed by atoms with Gasteiger partial charge in [-0.1, -0.05) is 6.07 Å². The molecule has 0 aliphatic carbocycles. The molecule has 3 aromatic heterocycles. The van der Waals surface area contributed by atoms with Gasteiger partial charge < -0.3 is 15.2 Å². The van der Waals surface area contributed by atoms with Gasteiger partial charge in [-0.25, -0.2) is 19.9 Å². The highest BCUT2D eigenvalue weighted by molar-refractivity contribution is 5.83. The van der Waals surface area contributed by atoms with Gasteiger partial charge in [-0.15, -0.1) is 0 Å². The fourth-order valence-corrected chi connectivity index (χ4v) is 4.65. The number of nitrogens with one attached hydrogen (secondary N) is 2.